The fourth-order valence-corrected chi connectivity index (χ4v) is 5.66. The lowest BCUT2D eigenvalue weighted by atomic mass is 9.94. The van der Waals surface area contributed by atoms with Gasteiger partial charge in [-0.05, 0) is 56.9 Å². The van der Waals surface area contributed by atoms with Crippen molar-refractivity contribution in [2.24, 2.45) is 0 Å². The molecule has 2 N–H and O–H groups in total. The molecule has 8 nitrogen and oxygen atoms in total. The number of rotatable bonds is 6. The molecule has 9 heteroatoms. The van der Waals surface area contributed by atoms with Crippen molar-refractivity contribution in [3.05, 3.63) is 47.9 Å². The fourth-order valence-electron chi connectivity index (χ4n) is 4.91. The number of ether oxygens (including phenoxy) is 1. The predicted octanol–water partition coefficient (Wildman–Crippen LogP) is 5.31. The quantitative estimate of drug-likeness (QED) is 0.454. The third kappa shape index (κ3) is 6.43. The van der Waals surface area contributed by atoms with Crippen molar-refractivity contribution >= 4 is 34.4 Å². The van der Waals surface area contributed by atoms with E-state index in [-0.39, 0.29) is 18.0 Å². The zero-order valence-electron chi connectivity index (χ0n) is 21.9. The van der Waals surface area contributed by atoms with Gasteiger partial charge < -0.3 is 15.4 Å². The smallest absolute Gasteiger partial charge is 0.255 e. The van der Waals surface area contributed by atoms with Crippen LogP contribution in [0.5, 0.6) is 0 Å². The largest absolute Gasteiger partial charge is 0.381 e. The molecule has 5 rings (SSSR count). The molecule has 0 radical (unpaired) electrons. The van der Waals surface area contributed by atoms with Gasteiger partial charge in [-0.2, -0.15) is 17.0 Å². The maximum absolute atomic E-state index is 13.3. The number of carbonyl (C=O) groups excluding carboxylic acids is 1. The fraction of sp³-hybridized carbons (Fsp3) is 0.500. The highest BCUT2D eigenvalue weighted by atomic mass is 32.2. The number of anilines is 1. The molecule has 2 aliphatic rings. The SMILES string of the molecule is CC.CSC1CCC(NC(=O)c2cnc(-n3ccc4cc(C#N)cnc43)cc2NC2CCOCC2)CC1. The van der Waals surface area contributed by atoms with Gasteiger partial charge in [0.2, 0.25) is 0 Å². The molecule has 0 unspecified atom stereocenters. The maximum atomic E-state index is 13.3. The average molecular weight is 521 g/mol. The lowest BCUT2D eigenvalue weighted by Crippen LogP contribution is -2.38. The second kappa shape index (κ2) is 12.9. The highest BCUT2D eigenvalue weighted by Gasteiger charge is 2.25. The summed E-state index contributed by atoms with van der Waals surface area (Å²) >= 11 is 1.92. The van der Waals surface area contributed by atoms with Crippen LogP contribution in [0.25, 0.3) is 16.9 Å². The van der Waals surface area contributed by atoms with Crippen LogP contribution < -0.4 is 10.6 Å². The first kappa shape index (κ1) is 27.0. The van der Waals surface area contributed by atoms with Gasteiger partial charge in [-0.25, -0.2) is 9.97 Å². The number of pyridine rings is 2. The molecule has 1 aliphatic heterocycles. The Bertz CT molecular complexity index is 1240. The van der Waals surface area contributed by atoms with Gasteiger partial charge in [-0.15, -0.1) is 0 Å². The van der Waals surface area contributed by atoms with Crippen molar-refractivity contribution < 1.29 is 9.53 Å². The predicted molar refractivity (Wildman–Crippen MR) is 149 cm³/mol. The molecule has 0 bridgehead atoms. The van der Waals surface area contributed by atoms with Gasteiger partial charge in [0.05, 0.1) is 16.8 Å². The average Bonchev–Trinajstić information content (AvgIpc) is 3.38. The second-order valence-corrected chi connectivity index (χ2v) is 10.4. The Morgan fingerprint density at radius 2 is 1.84 bits per heavy atom. The molecule has 0 spiro atoms. The van der Waals surface area contributed by atoms with Crippen molar-refractivity contribution in [2.75, 3.05) is 24.8 Å². The second-order valence-electron chi connectivity index (χ2n) is 9.24. The molecule has 0 atom stereocenters. The number of fused-ring (bicyclic) bond motifs is 1. The van der Waals surface area contributed by atoms with E-state index in [2.05, 4.69) is 32.9 Å². The highest BCUT2D eigenvalue weighted by molar-refractivity contribution is 7.99. The van der Waals surface area contributed by atoms with E-state index in [4.69, 9.17) is 4.74 Å². The van der Waals surface area contributed by atoms with Crippen molar-refractivity contribution in [2.45, 2.75) is 69.7 Å². The van der Waals surface area contributed by atoms with Crippen LogP contribution in [0.3, 0.4) is 0 Å². The minimum Gasteiger partial charge on any atom is -0.381 e. The van der Waals surface area contributed by atoms with Gasteiger partial charge in [0, 0.05) is 60.6 Å². The topological polar surface area (TPSA) is 105 Å². The Morgan fingerprint density at radius 3 is 2.54 bits per heavy atom. The van der Waals surface area contributed by atoms with Gasteiger partial charge in [0.25, 0.3) is 5.91 Å². The summed E-state index contributed by atoms with van der Waals surface area (Å²) in [5, 5.41) is 17.6. The number of nitrogens with one attached hydrogen (secondary N) is 2. The monoisotopic (exact) mass is 520 g/mol. The molecule has 196 valence electrons. The van der Waals surface area contributed by atoms with E-state index in [0.717, 1.165) is 55.2 Å². The summed E-state index contributed by atoms with van der Waals surface area (Å²) in [7, 11) is 0. The van der Waals surface area contributed by atoms with Crippen LogP contribution in [0, 0.1) is 11.3 Å². The number of carbonyl (C=O) groups is 1. The summed E-state index contributed by atoms with van der Waals surface area (Å²) in [6, 6.07) is 8.22. The van der Waals surface area contributed by atoms with Crippen LogP contribution >= 0.6 is 11.8 Å². The summed E-state index contributed by atoms with van der Waals surface area (Å²) in [5.74, 6) is 0.587. The van der Waals surface area contributed by atoms with Crippen LogP contribution in [0.15, 0.2) is 36.8 Å². The molecule has 3 aromatic heterocycles. The summed E-state index contributed by atoms with van der Waals surface area (Å²) in [6.07, 6.45) is 13.4. The van der Waals surface area contributed by atoms with Crippen LogP contribution in [0.4, 0.5) is 5.69 Å². The normalized spacial score (nSPS) is 19.9. The summed E-state index contributed by atoms with van der Waals surface area (Å²) in [6.45, 7) is 5.42. The zero-order chi connectivity index (χ0) is 26.2. The van der Waals surface area contributed by atoms with E-state index in [9.17, 15) is 10.1 Å². The summed E-state index contributed by atoms with van der Waals surface area (Å²) in [5.41, 5.74) is 2.57. The Hall–Kier alpha value is -3.09. The Morgan fingerprint density at radius 1 is 1.08 bits per heavy atom. The van der Waals surface area contributed by atoms with Gasteiger partial charge >= 0.3 is 0 Å². The van der Waals surface area contributed by atoms with Crippen LogP contribution in [-0.2, 0) is 4.74 Å². The van der Waals surface area contributed by atoms with E-state index in [0.29, 0.717) is 35.4 Å². The number of amides is 1. The molecule has 1 saturated heterocycles. The molecule has 37 heavy (non-hydrogen) atoms. The summed E-state index contributed by atoms with van der Waals surface area (Å²) < 4.78 is 7.40. The zero-order valence-corrected chi connectivity index (χ0v) is 22.7. The minimum atomic E-state index is -0.0830. The number of nitrogens with zero attached hydrogens (tertiary/aromatic N) is 4. The van der Waals surface area contributed by atoms with Gasteiger partial charge in [-0.3, -0.25) is 9.36 Å². The molecule has 4 heterocycles. The lowest BCUT2D eigenvalue weighted by Gasteiger charge is -2.29. The maximum Gasteiger partial charge on any atom is 0.255 e. The number of aromatic nitrogens is 3. The van der Waals surface area contributed by atoms with E-state index in [1.807, 2.05) is 54.6 Å². The number of hydrogen-bond acceptors (Lipinski definition) is 7. The third-order valence-electron chi connectivity index (χ3n) is 6.96. The van der Waals surface area contributed by atoms with E-state index >= 15 is 0 Å². The molecule has 1 amide bonds. The van der Waals surface area contributed by atoms with Crippen molar-refractivity contribution in [3.8, 4) is 11.9 Å². The first-order valence-corrected chi connectivity index (χ1v) is 14.5. The van der Waals surface area contributed by atoms with Gasteiger partial charge in [-0.1, -0.05) is 13.8 Å². The van der Waals surface area contributed by atoms with E-state index < -0.39 is 0 Å². The van der Waals surface area contributed by atoms with E-state index in [1.54, 1.807) is 12.4 Å². The third-order valence-corrected chi connectivity index (χ3v) is 8.10. The Labute approximate surface area is 223 Å². The number of hydrogen-bond donors (Lipinski definition) is 2. The molecule has 0 aromatic carbocycles. The minimum absolute atomic E-state index is 0.0830. The molecular formula is C28H36N6O2S. The molecule has 2 fully saturated rings. The molecule has 1 aliphatic carbocycles. The van der Waals surface area contributed by atoms with Crippen molar-refractivity contribution in [1.29, 1.82) is 5.26 Å². The van der Waals surface area contributed by atoms with Crippen molar-refractivity contribution in [1.82, 2.24) is 19.9 Å². The first-order valence-electron chi connectivity index (χ1n) is 13.2. The standard InChI is InChI=1S/C26H30N6O2S.C2H6/c1-35-21-4-2-19(3-5-21)31-26(33)22-16-28-24(13-23(22)30-20-7-10-34-11-8-20)32-9-6-18-12-17(14-27)15-29-25(18)32;1-2/h6,9,12-13,15-16,19-21H,2-5,7-8,10-11H2,1H3,(H,28,30)(H,31,33);1-2H3. The lowest BCUT2D eigenvalue weighted by molar-refractivity contribution is 0.0902. The molecule has 1 saturated carbocycles. The summed E-state index contributed by atoms with van der Waals surface area (Å²) in [4.78, 5) is 22.4. The number of thioether (sulfide) groups is 1. The highest BCUT2D eigenvalue weighted by Crippen LogP contribution is 2.28. The first-order chi connectivity index (χ1) is 18.1. The molecule has 3 aromatic rings. The molecular weight excluding hydrogens is 484 g/mol. The van der Waals surface area contributed by atoms with Crippen LogP contribution in [0.1, 0.15) is 68.3 Å². The Balaban J connectivity index is 0.00000156. The number of nitriles is 1. The van der Waals surface area contributed by atoms with Gasteiger partial charge in [0.15, 0.2) is 0 Å². The van der Waals surface area contributed by atoms with Crippen molar-refractivity contribution in [3.63, 3.8) is 0 Å². The Kier molecular flexibility index (Phi) is 9.42. The van der Waals surface area contributed by atoms with Crippen LogP contribution in [-0.4, -0.2) is 57.2 Å². The van der Waals surface area contributed by atoms with Crippen LogP contribution in [0.2, 0.25) is 0 Å². The van der Waals surface area contributed by atoms with Gasteiger partial charge in [0.1, 0.15) is 17.5 Å². The van der Waals surface area contributed by atoms with E-state index in [1.165, 1.54) is 0 Å².